The van der Waals surface area contributed by atoms with Gasteiger partial charge in [0.15, 0.2) is 0 Å². The van der Waals surface area contributed by atoms with Crippen molar-refractivity contribution in [2.75, 3.05) is 11.5 Å². The van der Waals surface area contributed by atoms with E-state index in [1.54, 1.807) is 12.1 Å². The number of nitro groups is 1. The van der Waals surface area contributed by atoms with Crippen LogP contribution in [0.3, 0.4) is 0 Å². The second-order valence-corrected chi connectivity index (χ2v) is 6.04. The first-order valence-corrected chi connectivity index (χ1v) is 8.45. The number of hydrogen-bond donors (Lipinski definition) is 0. The molecular weight excluding hydrogens is 415 g/mol. The Morgan fingerprint density at radius 3 is 2.52 bits per heavy atom. The fourth-order valence-corrected chi connectivity index (χ4v) is 2.75. The van der Waals surface area contributed by atoms with Crippen molar-refractivity contribution in [3.05, 3.63) is 68.2 Å². The number of carbonyl (C=O) groups is 1. The lowest BCUT2D eigenvalue weighted by Crippen LogP contribution is -2.33. The molecule has 0 bridgehead atoms. The number of benzene rings is 2. The Bertz CT molecular complexity index is 989. The minimum atomic E-state index is -5.09. The minimum absolute atomic E-state index is 0.145. The summed E-state index contributed by atoms with van der Waals surface area (Å²) in [5, 5.41) is 20.6. The molecule has 152 valence electrons. The van der Waals surface area contributed by atoms with E-state index in [9.17, 15) is 28.1 Å². The van der Waals surface area contributed by atoms with Crippen molar-refractivity contribution in [2.45, 2.75) is 19.6 Å². The molecule has 0 aromatic heterocycles. The summed E-state index contributed by atoms with van der Waals surface area (Å²) in [7, 11) is 0. The number of ether oxygens (including phenoxy) is 1. The number of nitriles is 1. The highest BCUT2D eigenvalue weighted by atomic mass is 35.5. The first-order valence-electron chi connectivity index (χ1n) is 8.07. The summed E-state index contributed by atoms with van der Waals surface area (Å²) < 4.78 is 45.9. The van der Waals surface area contributed by atoms with Crippen LogP contribution in [-0.4, -0.2) is 17.6 Å². The van der Waals surface area contributed by atoms with Gasteiger partial charge in [-0.2, -0.15) is 18.4 Å². The lowest BCUT2D eigenvalue weighted by atomic mass is 10.0. The van der Waals surface area contributed by atoms with Crippen molar-refractivity contribution < 1.29 is 27.6 Å². The monoisotopic (exact) mass is 427 g/mol. The van der Waals surface area contributed by atoms with Crippen molar-refractivity contribution in [3.63, 3.8) is 0 Å². The molecule has 29 heavy (non-hydrogen) atoms. The van der Waals surface area contributed by atoms with Crippen molar-refractivity contribution in [2.24, 2.45) is 0 Å². The first-order chi connectivity index (χ1) is 13.6. The van der Waals surface area contributed by atoms with Gasteiger partial charge in [-0.3, -0.25) is 15.0 Å². The first kappa shape index (κ1) is 22.0. The van der Waals surface area contributed by atoms with E-state index in [4.69, 9.17) is 21.6 Å². The maximum absolute atomic E-state index is 13.7. The Balaban J connectivity index is 2.81. The molecule has 0 radical (unpaired) electrons. The van der Waals surface area contributed by atoms with Crippen LogP contribution >= 0.6 is 11.6 Å². The van der Waals surface area contributed by atoms with Crippen molar-refractivity contribution in [1.29, 1.82) is 5.26 Å². The number of nitrogens with zero attached hydrogens (tertiary/aromatic N) is 3. The van der Waals surface area contributed by atoms with Gasteiger partial charge >= 0.3 is 12.3 Å². The predicted octanol–water partition coefficient (Wildman–Crippen LogP) is 5.30. The zero-order valence-corrected chi connectivity index (χ0v) is 15.6. The number of hydrogen-bond acceptors (Lipinski definition) is 5. The molecule has 0 atom stereocenters. The molecule has 0 saturated carbocycles. The molecule has 0 unspecified atom stereocenters. The zero-order valence-electron chi connectivity index (χ0n) is 14.9. The van der Waals surface area contributed by atoms with Crippen LogP contribution in [0.1, 0.15) is 23.6 Å². The van der Waals surface area contributed by atoms with Gasteiger partial charge < -0.3 is 4.74 Å². The predicted molar refractivity (Wildman–Crippen MR) is 97.5 cm³/mol. The third-order valence-electron chi connectivity index (χ3n) is 3.77. The van der Waals surface area contributed by atoms with Crippen LogP contribution in [0.5, 0.6) is 0 Å². The molecule has 2 aromatic rings. The molecule has 0 saturated heterocycles. The summed E-state index contributed by atoms with van der Waals surface area (Å²) in [5.41, 5.74) is -3.93. The van der Waals surface area contributed by atoms with E-state index in [0.29, 0.717) is 17.0 Å². The van der Waals surface area contributed by atoms with E-state index in [1.807, 2.05) is 0 Å². The topological polar surface area (TPSA) is 96.5 Å². The number of anilines is 1. The number of halogens is 4. The summed E-state index contributed by atoms with van der Waals surface area (Å²) in [6.45, 7) is 0.737. The van der Waals surface area contributed by atoms with Gasteiger partial charge in [0.1, 0.15) is 5.69 Å². The maximum Gasteiger partial charge on any atom is 0.418 e. The number of nitro benzene ring substituents is 1. The number of alkyl halides is 3. The van der Waals surface area contributed by atoms with Crippen LogP contribution in [0.25, 0.3) is 0 Å². The smallest absolute Gasteiger partial charge is 0.418 e. The number of carbonyl (C=O) groups excluding carboxylic acids is 1. The van der Waals surface area contributed by atoms with Gasteiger partial charge in [0.25, 0.3) is 5.69 Å². The van der Waals surface area contributed by atoms with Crippen LogP contribution in [0, 0.1) is 21.4 Å². The standard InChI is InChI=1S/C18H13ClF3N3O4/c1-2-29-17(26)24(10-12-5-3-4-6-14(12)19)16-13(18(20,21)22)7-11(9-23)8-15(16)25(27)28/h3-8H,2,10H2,1H3. The number of amides is 1. The number of rotatable bonds is 5. The van der Waals surface area contributed by atoms with Gasteiger partial charge in [0, 0.05) is 11.1 Å². The average Bonchev–Trinajstić information content (AvgIpc) is 2.65. The molecule has 0 aliphatic carbocycles. The van der Waals surface area contributed by atoms with E-state index < -0.39 is 46.2 Å². The second kappa shape index (κ2) is 8.79. The van der Waals surface area contributed by atoms with Crippen LogP contribution in [-0.2, 0) is 17.5 Å². The van der Waals surface area contributed by atoms with E-state index in [1.165, 1.54) is 25.1 Å². The van der Waals surface area contributed by atoms with Gasteiger partial charge in [-0.05, 0) is 24.6 Å². The van der Waals surface area contributed by atoms with Crippen molar-refractivity contribution >= 4 is 29.1 Å². The van der Waals surface area contributed by atoms with Gasteiger partial charge in [-0.15, -0.1) is 0 Å². The summed E-state index contributed by atoms with van der Waals surface area (Å²) in [6, 6.07) is 8.60. The summed E-state index contributed by atoms with van der Waals surface area (Å²) in [5.74, 6) is 0. The van der Waals surface area contributed by atoms with Crippen LogP contribution < -0.4 is 4.90 Å². The molecule has 7 nitrogen and oxygen atoms in total. The molecular formula is C18H13ClF3N3O4. The summed E-state index contributed by atoms with van der Waals surface area (Å²) in [6.07, 6.45) is -6.32. The summed E-state index contributed by atoms with van der Waals surface area (Å²) in [4.78, 5) is 23.4. The molecule has 0 aliphatic rings. The molecule has 0 heterocycles. The lowest BCUT2D eigenvalue weighted by Gasteiger charge is -2.25. The Hall–Kier alpha value is -3.32. The average molecular weight is 428 g/mol. The maximum atomic E-state index is 13.7. The van der Waals surface area contributed by atoms with Crippen molar-refractivity contribution in [1.82, 2.24) is 0 Å². The van der Waals surface area contributed by atoms with E-state index in [0.717, 1.165) is 0 Å². The Kier molecular flexibility index (Phi) is 6.66. The van der Waals surface area contributed by atoms with Gasteiger partial charge in [0.05, 0.1) is 35.3 Å². The zero-order chi connectivity index (χ0) is 21.8. The van der Waals surface area contributed by atoms with Crippen LogP contribution in [0.4, 0.5) is 29.3 Å². The highest BCUT2D eigenvalue weighted by Crippen LogP contribution is 2.43. The van der Waals surface area contributed by atoms with Crippen LogP contribution in [0.15, 0.2) is 36.4 Å². The summed E-state index contributed by atoms with van der Waals surface area (Å²) >= 11 is 6.04. The second-order valence-electron chi connectivity index (χ2n) is 5.63. The molecule has 0 N–H and O–H groups in total. The van der Waals surface area contributed by atoms with Gasteiger partial charge in [0.2, 0.25) is 0 Å². The molecule has 2 aromatic carbocycles. The molecule has 0 fully saturated rings. The Morgan fingerprint density at radius 1 is 1.34 bits per heavy atom. The van der Waals surface area contributed by atoms with Gasteiger partial charge in [-0.25, -0.2) is 4.79 Å². The third-order valence-corrected chi connectivity index (χ3v) is 4.13. The van der Waals surface area contributed by atoms with E-state index in [-0.39, 0.29) is 17.2 Å². The Morgan fingerprint density at radius 2 is 2.00 bits per heavy atom. The quantitative estimate of drug-likeness (QED) is 0.476. The van der Waals surface area contributed by atoms with E-state index >= 15 is 0 Å². The fourth-order valence-electron chi connectivity index (χ4n) is 2.56. The largest absolute Gasteiger partial charge is 0.449 e. The van der Waals surface area contributed by atoms with Crippen LogP contribution in [0.2, 0.25) is 5.02 Å². The SMILES string of the molecule is CCOC(=O)N(Cc1ccccc1Cl)c1c([N+](=O)[O-])cc(C#N)cc1C(F)(F)F. The highest BCUT2D eigenvalue weighted by Gasteiger charge is 2.41. The van der Waals surface area contributed by atoms with E-state index in [2.05, 4.69) is 0 Å². The molecule has 11 heteroatoms. The lowest BCUT2D eigenvalue weighted by molar-refractivity contribution is -0.384. The minimum Gasteiger partial charge on any atom is -0.449 e. The molecule has 1 amide bonds. The van der Waals surface area contributed by atoms with Crippen molar-refractivity contribution in [3.8, 4) is 6.07 Å². The third kappa shape index (κ3) is 4.94. The molecule has 2 rings (SSSR count). The highest BCUT2D eigenvalue weighted by molar-refractivity contribution is 6.31. The normalized spacial score (nSPS) is 10.9. The molecule has 0 spiro atoms. The Labute approximate surface area is 168 Å². The molecule has 0 aliphatic heterocycles. The fraction of sp³-hybridized carbons (Fsp3) is 0.222. The van der Waals surface area contributed by atoms with Gasteiger partial charge in [-0.1, -0.05) is 29.8 Å².